The third kappa shape index (κ3) is 3.77. The lowest BCUT2D eigenvalue weighted by molar-refractivity contribution is -0.124. The molecule has 2 N–H and O–H groups in total. The Morgan fingerprint density at radius 3 is 2.58 bits per heavy atom. The van der Waals surface area contributed by atoms with Gasteiger partial charge in [-0.25, -0.2) is 0 Å². The van der Waals surface area contributed by atoms with E-state index in [9.17, 15) is 9.59 Å². The minimum atomic E-state index is -0.365. The number of anilines is 2. The van der Waals surface area contributed by atoms with Crippen LogP contribution in [0.1, 0.15) is 35.1 Å². The van der Waals surface area contributed by atoms with Crippen LogP contribution in [0.25, 0.3) is 0 Å². The number of benzene rings is 1. The number of nitrogens with one attached hydrogen (secondary N) is 2. The number of amides is 2. The highest BCUT2D eigenvalue weighted by molar-refractivity contribution is 7.08. The van der Waals surface area contributed by atoms with Crippen LogP contribution in [0.4, 0.5) is 11.4 Å². The van der Waals surface area contributed by atoms with Gasteiger partial charge in [0.05, 0.1) is 5.69 Å². The van der Waals surface area contributed by atoms with Crippen molar-refractivity contribution in [1.29, 1.82) is 0 Å². The van der Waals surface area contributed by atoms with E-state index >= 15 is 0 Å². The smallest absolute Gasteiger partial charge is 0.269 e. The van der Waals surface area contributed by atoms with Gasteiger partial charge in [0, 0.05) is 18.0 Å². The molecule has 0 saturated carbocycles. The van der Waals surface area contributed by atoms with Crippen molar-refractivity contribution in [2.24, 2.45) is 0 Å². The molecule has 126 valence electrons. The zero-order valence-corrected chi connectivity index (χ0v) is 14.1. The maximum Gasteiger partial charge on any atom is 0.269 e. The Labute approximate surface area is 143 Å². The molecule has 3 rings (SSSR count). The number of carbonyl (C=O) groups excluding carboxylic acids is 2. The summed E-state index contributed by atoms with van der Waals surface area (Å²) in [4.78, 5) is 24.7. The molecular weight excluding hydrogens is 328 g/mol. The lowest BCUT2D eigenvalue weighted by atomic mass is 10.2. The molecule has 1 unspecified atom stereocenters. The van der Waals surface area contributed by atoms with Crippen LogP contribution in [0, 0.1) is 0 Å². The maximum absolute atomic E-state index is 12.2. The molecule has 0 radical (unpaired) electrons. The molecular formula is C16H18N4O3S. The Kier molecular flexibility index (Phi) is 5.17. The van der Waals surface area contributed by atoms with Gasteiger partial charge >= 0.3 is 0 Å². The van der Waals surface area contributed by atoms with Crippen molar-refractivity contribution in [3.05, 3.63) is 34.8 Å². The second-order valence-electron chi connectivity index (χ2n) is 5.42. The van der Waals surface area contributed by atoms with Crippen molar-refractivity contribution in [1.82, 2.24) is 9.59 Å². The van der Waals surface area contributed by atoms with Crippen molar-refractivity contribution in [3.8, 4) is 0 Å². The first kappa shape index (κ1) is 16.5. The summed E-state index contributed by atoms with van der Waals surface area (Å²) < 4.78 is 9.16. The van der Waals surface area contributed by atoms with Crippen molar-refractivity contribution in [2.45, 2.75) is 32.3 Å². The highest BCUT2D eigenvalue weighted by Crippen LogP contribution is 2.19. The molecule has 1 saturated heterocycles. The Morgan fingerprint density at radius 2 is 1.96 bits per heavy atom. The molecule has 7 nitrogen and oxygen atoms in total. The van der Waals surface area contributed by atoms with Crippen molar-refractivity contribution >= 4 is 34.7 Å². The lowest BCUT2D eigenvalue weighted by Gasteiger charge is -2.11. The first-order chi connectivity index (χ1) is 11.7. The van der Waals surface area contributed by atoms with Gasteiger partial charge in [0.25, 0.3) is 11.8 Å². The number of carbonyl (C=O) groups is 2. The van der Waals surface area contributed by atoms with Gasteiger partial charge in [-0.3, -0.25) is 9.59 Å². The number of hydrogen-bond acceptors (Lipinski definition) is 6. The second-order valence-corrected chi connectivity index (χ2v) is 6.18. The third-order valence-electron chi connectivity index (χ3n) is 3.73. The predicted octanol–water partition coefficient (Wildman–Crippen LogP) is 2.47. The summed E-state index contributed by atoms with van der Waals surface area (Å²) in [5.74, 6) is -0.356. The van der Waals surface area contributed by atoms with E-state index in [-0.39, 0.29) is 17.9 Å². The molecule has 2 heterocycles. The summed E-state index contributed by atoms with van der Waals surface area (Å²) in [7, 11) is 0. The largest absolute Gasteiger partial charge is 0.368 e. The van der Waals surface area contributed by atoms with Crippen LogP contribution in [-0.4, -0.2) is 34.1 Å². The number of aryl methyl sites for hydroxylation is 1. The SMILES string of the molecule is CCc1nnsc1C(=O)Nc1ccc(NC(=O)C2CCCO2)cc1. The minimum absolute atomic E-state index is 0.132. The Balaban J connectivity index is 1.60. The van der Waals surface area contributed by atoms with Gasteiger partial charge in [0.15, 0.2) is 0 Å². The van der Waals surface area contributed by atoms with Crippen LogP contribution in [0.3, 0.4) is 0 Å². The number of ether oxygens (including phenoxy) is 1. The highest BCUT2D eigenvalue weighted by Gasteiger charge is 2.23. The highest BCUT2D eigenvalue weighted by atomic mass is 32.1. The topological polar surface area (TPSA) is 93.2 Å². The van der Waals surface area contributed by atoms with Gasteiger partial charge in [-0.2, -0.15) is 0 Å². The van der Waals surface area contributed by atoms with Crippen LogP contribution in [0.2, 0.25) is 0 Å². The van der Waals surface area contributed by atoms with Crippen LogP contribution >= 0.6 is 11.5 Å². The number of aromatic nitrogens is 2. The zero-order chi connectivity index (χ0) is 16.9. The van der Waals surface area contributed by atoms with Crippen LogP contribution < -0.4 is 10.6 Å². The molecule has 0 spiro atoms. The van der Waals surface area contributed by atoms with Gasteiger partial charge in [-0.05, 0) is 55.1 Å². The van der Waals surface area contributed by atoms with E-state index < -0.39 is 0 Å². The fourth-order valence-corrected chi connectivity index (χ4v) is 3.09. The Morgan fingerprint density at radius 1 is 1.25 bits per heavy atom. The van der Waals surface area contributed by atoms with Gasteiger partial charge in [-0.1, -0.05) is 11.4 Å². The average Bonchev–Trinajstić information content (AvgIpc) is 3.28. The fraction of sp³-hybridized carbons (Fsp3) is 0.375. The zero-order valence-electron chi connectivity index (χ0n) is 13.2. The summed E-state index contributed by atoms with van der Waals surface area (Å²) in [6, 6.07) is 6.97. The molecule has 2 amide bonds. The molecule has 1 aliphatic heterocycles. The van der Waals surface area contributed by atoms with Gasteiger partial charge in [0.2, 0.25) is 0 Å². The number of rotatable bonds is 5. The van der Waals surface area contributed by atoms with Gasteiger partial charge in [-0.15, -0.1) is 5.10 Å². The van der Waals surface area contributed by atoms with Crippen LogP contribution in [0.5, 0.6) is 0 Å². The normalized spacial score (nSPS) is 16.8. The van der Waals surface area contributed by atoms with Crippen molar-refractivity contribution in [2.75, 3.05) is 17.2 Å². The maximum atomic E-state index is 12.2. The lowest BCUT2D eigenvalue weighted by Crippen LogP contribution is -2.26. The van der Waals surface area contributed by atoms with Crippen LogP contribution in [0.15, 0.2) is 24.3 Å². The van der Waals surface area contributed by atoms with E-state index in [2.05, 4.69) is 20.2 Å². The molecule has 1 aromatic carbocycles. The summed E-state index contributed by atoms with van der Waals surface area (Å²) in [6.07, 6.45) is 1.96. The molecule has 1 fully saturated rings. The Bertz CT molecular complexity index is 723. The first-order valence-corrected chi connectivity index (χ1v) is 8.60. The monoisotopic (exact) mass is 346 g/mol. The van der Waals surface area contributed by atoms with E-state index in [0.29, 0.717) is 35.0 Å². The molecule has 1 atom stereocenters. The fourth-order valence-electron chi connectivity index (χ4n) is 2.44. The molecule has 0 bridgehead atoms. The Hall–Kier alpha value is -2.32. The van der Waals surface area contributed by atoms with Crippen LogP contribution in [-0.2, 0) is 16.0 Å². The summed E-state index contributed by atoms with van der Waals surface area (Å²) >= 11 is 1.08. The van der Waals surface area contributed by atoms with E-state index in [1.807, 2.05) is 6.92 Å². The molecule has 24 heavy (non-hydrogen) atoms. The van der Waals surface area contributed by atoms with E-state index in [1.165, 1.54) is 0 Å². The average molecular weight is 346 g/mol. The molecule has 1 aromatic heterocycles. The molecule has 2 aromatic rings. The minimum Gasteiger partial charge on any atom is -0.368 e. The second kappa shape index (κ2) is 7.50. The first-order valence-electron chi connectivity index (χ1n) is 7.82. The third-order valence-corrected chi connectivity index (χ3v) is 4.50. The number of hydrogen-bond donors (Lipinski definition) is 2. The van der Waals surface area contributed by atoms with Crippen molar-refractivity contribution < 1.29 is 14.3 Å². The summed E-state index contributed by atoms with van der Waals surface area (Å²) in [5.41, 5.74) is 2.01. The summed E-state index contributed by atoms with van der Waals surface area (Å²) in [5, 5.41) is 9.55. The standard InChI is InChI=1S/C16H18N4O3S/c1-2-12-14(24-20-19-12)16(22)18-11-7-5-10(6-8-11)17-15(21)13-4-3-9-23-13/h5-8,13H,2-4,9H2,1H3,(H,17,21)(H,18,22). The molecule has 0 aliphatic carbocycles. The number of nitrogens with zero attached hydrogens (tertiary/aromatic N) is 2. The van der Waals surface area contributed by atoms with E-state index in [1.54, 1.807) is 24.3 Å². The molecule has 1 aliphatic rings. The molecule has 8 heteroatoms. The van der Waals surface area contributed by atoms with Crippen molar-refractivity contribution in [3.63, 3.8) is 0 Å². The van der Waals surface area contributed by atoms with E-state index in [0.717, 1.165) is 24.4 Å². The van der Waals surface area contributed by atoms with Gasteiger partial charge in [0.1, 0.15) is 11.0 Å². The van der Waals surface area contributed by atoms with E-state index in [4.69, 9.17) is 4.74 Å². The van der Waals surface area contributed by atoms with Gasteiger partial charge < -0.3 is 15.4 Å². The predicted molar refractivity (Wildman–Crippen MR) is 91.3 cm³/mol. The quantitative estimate of drug-likeness (QED) is 0.867. The summed E-state index contributed by atoms with van der Waals surface area (Å²) in [6.45, 7) is 2.56.